The Labute approximate surface area is 125 Å². The second-order valence-corrected chi connectivity index (χ2v) is 5.99. The molecule has 2 rings (SSSR count). The van der Waals surface area contributed by atoms with Gasteiger partial charge in [-0.25, -0.2) is 0 Å². The average molecular weight is 341 g/mol. The van der Waals surface area contributed by atoms with E-state index in [0.717, 1.165) is 23.7 Å². The number of nitrogens with one attached hydrogen (secondary N) is 1. The third-order valence-electron chi connectivity index (χ3n) is 3.78. The summed E-state index contributed by atoms with van der Waals surface area (Å²) in [6, 6.07) is 5.25. The van der Waals surface area contributed by atoms with E-state index in [1.807, 2.05) is 6.07 Å². The number of aliphatic carboxylic acids is 1. The van der Waals surface area contributed by atoms with Gasteiger partial charge in [-0.15, -0.1) is 0 Å². The smallest absolute Gasteiger partial charge is 0.306 e. The van der Waals surface area contributed by atoms with E-state index in [4.69, 9.17) is 10.8 Å². The van der Waals surface area contributed by atoms with Crippen molar-refractivity contribution in [1.29, 1.82) is 0 Å². The van der Waals surface area contributed by atoms with Gasteiger partial charge < -0.3 is 16.2 Å². The van der Waals surface area contributed by atoms with Crippen molar-refractivity contribution in [3.8, 4) is 0 Å². The van der Waals surface area contributed by atoms with Gasteiger partial charge in [-0.2, -0.15) is 0 Å². The first-order valence-corrected chi connectivity index (χ1v) is 7.34. The second-order valence-electron chi connectivity index (χ2n) is 5.07. The van der Waals surface area contributed by atoms with Crippen molar-refractivity contribution < 1.29 is 14.7 Å². The molecule has 5 nitrogen and oxygen atoms in total. The molecule has 4 N–H and O–H groups in total. The summed E-state index contributed by atoms with van der Waals surface area (Å²) in [6.07, 6.45) is 2.56. The molecule has 6 heteroatoms. The molecule has 1 aliphatic carbocycles. The number of halogens is 1. The van der Waals surface area contributed by atoms with Gasteiger partial charge in [-0.05, 0) is 37.0 Å². The molecule has 0 radical (unpaired) electrons. The van der Waals surface area contributed by atoms with Crippen molar-refractivity contribution in [1.82, 2.24) is 0 Å². The van der Waals surface area contributed by atoms with Crippen LogP contribution in [0.5, 0.6) is 0 Å². The highest BCUT2D eigenvalue weighted by atomic mass is 79.9. The fraction of sp³-hybridized carbons (Fsp3) is 0.429. The first kappa shape index (κ1) is 14.8. The maximum absolute atomic E-state index is 11.4. The summed E-state index contributed by atoms with van der Waals surface area (Å²) in [4.78, 5) is 22.5. The van der Waals surface area contributed by atoms with E-state index in [-0.39, 0.29) is 11.8 Å². The molecule has 1 fully saturated rings. The van der Waals surface area contributed by atoms with Gasteiger partial charge >= 0.3 is 5.97 Å². The third kappa shape index (κ3) is 3.30. The Morgan fingerprint density at radius 2 is 2.15 bits per heavy atom. The number of nitrogens with two attached hydrogens (primary N) is 1. The van der Waals surface area contributed by atoms with Crippen molar-refractivity contribution in [2.24, 2.45) is 17.6 Å². The summed E-state index contributed by atoms with van der Waals surface area (Å²) < 4.78 is 0.779. The minimum atomic E-state index is -0.736. The Kier molecular flexibility index (Phi) is 4.65. The van der Waals surface area contributed by atoms with Crippen LogP contribution in [-0.2, 0) is 4.79 Å². The Morgan fingerprint density at radius 1 is 1.40 bits per heavy atom. The first-order chi connectivity index (χ1) is 9.49. The van der Waals surface area contributed by atoms with Gasteiger partial charge in [0.2, 0.25) is 0 Å². The lowest BCUT2D eigenvalue weighted by atomic mass is 9.96. The molecule has 2 atom stereocenters. The van der Waals surface area contributed by atoms with E-state index in [1.165, 1.54) is 0 Å². The topological polar surface area (TPSA) is 92.4 Å². The number of rotatable bonds is 5. The lowest BCUT2D eigenvalue weighted by Crippen LogP contribution is -2.25. The molecule has 1 aliphatic rings. The fourth-order valence-corrected chi connectivity index (χ4v) is 3.08. The number of carboxylic acid groups (broad SMARTS) is 1. The molecule has 0 aromatic heterocycles. The Balaban J connectivity index is 2.07. The summed E-state index contributed by atoms with van der Waals surface area (Å²) in [5, 5.41) is 12.3. The number of primary amides is 1. The van der Waals surface area contributed by atoms with Crippen molar-refractivity contribution in [2.75, 3.05) is 11.9 Å². The van der Waals surface area contributed by atoms with Gasteiger partial charge in [0.1, 0.15) is 0 Å². The van der Waals surface area contributed by atoms with Gasteiger partial charge in [0.05, 0.1) is 11.5 Å². The third-order valence-corrected chi connectivity index (χ3v) is 4.27. The summed E-state index contributed by atoms with van der Waals surface area (Å²) in [7, 11) is 0. The number of benzene rings is 1. The van der Waals surface area contributed by atoms with Crippen LogP contribution in [0.25, 0.3) is 0 Å². The van der Waals surface area contributed by atoms with Crippen LogP contribution in [-0.4, -0.2) is 23.5 Å². The lowest BCUT2D eigenvalue weighted by molar-refractivity contribution is -0.142. The molecule has 1 aromatic rings. The van der Waals surface area contributed by atoms with Crippen LogP contribution >= 0.6 is 15.9 Å². The summed E-state index contributed by atoms with van der Waals surface area (Å²) >= 11 is 3.30. The standard InChI is InChI=1S/C14H17BrN2O3/c15-9-4-5-12(11(6-9)13(16)18)17-7-8-2-1-3-10(8)14(19)20/h4-6,8,10,17H,1-3,7H2,(H2,16,18)(H,19,20). The van der Waals surface area contributed by atoms with E-state index in [1.54, 1.807) is 12.1 Å². The monoisotopic (exact) mass is 340 g/mol. The molecule has 0 aliphatic heterocycles. The Morgan fingerprint density at radius 3 is 2.80 bits per heavy atom. The van der Waals surface area contributed by atoms with Gasteiger partial charge in [0.25, 0.3) is 5.91 Å². The number of hydrogen-bond acceptors (Lipinski definition) is 3. The van der Waals surface area contributed by atoms with Crippen molar-refractivity contribution >= 4 is 33.5 Å². The number of anilines is 1. The van der Waals surface area contributed by atoms with Crippen molar-refractivity contribution in [3.05, 3.63) is 28.2 Å². The highest BCUT2D eigenvalue weighted by Crippen LogP contribution is 2.32. The molecule has 1 aromatic carbocycles. The van der Waals surface area contributed by atoms with Crippen LogP contribution in [0.3, 0.4) is 0 Å². The van der Waals surface area contributed by atoms with E-state index in [2.05, 4.69) is 21.2 Å². The molecule has 1 amide bonds. The molecule has 0 bridgehead atoms. The lowest BCUT2D eigenvalue weighted by Gasteiger charge is -2.18. The molecule has 2 unspecified atom stereocenters. The molecular formula is C14H17BrN2O3. The van der Waals surface area contributed by atoms with Crippen molar-refractivity contribution in [2.45, 2.75) is 19.3 Å². The van der Waals surface area contributed by atoms with E-state index < -0.39 is 11.9 Å². The summed E-state index contributed by atoms with van der Waals surface area (Å²) in [6.45, 7) is 0.541. The molecule has 0 heterocycles. The van der Waals surface area contributed by atoms with E-state index >= 15 is 0 Å². The largest absolute Gasteiger partial charge is 0.481 e. The van der Waals surface area contributed by atoms with Crippen molar-refractivity contribution in [3.63, 3.8) is 0 Å². The number of carboxylic acids is 1. The molecule has 108 valence electrons. The quantitative estimate of drug-likeness (QED) is 0.767. The average Bonchev–Trinajstić information content (AvgIpc) is 2.85. The highest BCUT2D eigenvalue weighted by Gasteiger charge is 2.32. The predicted molar refractivity (Wildman–Crippen MR) is 79.6 cm³/mol. The predicted octanol–water partition coefficient (Wildman–Crippen LogP) is 2.46. The van der Waals surface area contributed by atoms with Gasteiger partial charge in [0.15, 0.2) is 0 Å². The number of amides is 1. The second kappa shape index (κ2) is 6.26. The maximum Gasteiger partial charge on any atom is 0.306 e. The summed E-state index contributed by atoms with van der Waals surface area (Å²) in [5.41, 5.74) is 6.41. The van der Waals surface area contributed by atoms with Crippen LogP contribution in [0, 0.1) is 11.8 Å². The Bertz CT molecular complexity index is 533. The molecular weight excluding hydrogens is 324 g/mol. The number of carbonyl (C=O) groups excluding carboxylic acids is 1. The zero-order chi connectivity index (χ0) is 14.7. The van der Waals surface area contributed by atoms with Crippen LogP contribution in [0.4, 0.5) is 5.69 Å². The molecule has 20 heavy (non-hydrogen) atoms. The minimum absolute atomic E-state index is 0.0943. The highest BCUT2D eigenvalue weighted by molar-refractivity contribution is 9.10. The maximum atomic E-state index is 11.4. The fourth-order valence-electron chi connectivity index (χ4n) is 2.72. The Hall–Kier alpha value is -1.56. The van der Waals surface area contributed by atoms with Gasteiger partial charge in [-0.1, -0.05) is 22.4 Å². The number of carbonyl (C=O) groups is 2. The minimum Gasteiger partial charge on any atom is -0.481 e. The summed E-state index contributed by atoms with van der Waals surface area (Å²) in [5.74, 6) is -1.44. The molecule has 0 saturated heterocycles. The van der Waals surface area contributed by atoms with Crippen LogP contribution in [0.1, 0.15) is 29.6 Å². The number of hydrogen-bond donors (Lipinski definition) is 3. The first-order valence-electron chi connectivity index (χ1n) is 6.55. The van der Waals surface area contributed by atoms with E-state index in [0.29, 0.717) is 17.8 Å². The normalized spacial score (nSPS) is 21.6. The zero-order valence-electron chi connectivity index (χ0n) is 10.9. The van der Waals surface area contributed by atoms with E-state index in [9.17, 15) is 9.59 Å². The zero-order valence-corrected chi connectivity index (χ0v) is 12.5. The molecule has 1 saturated carbocycles. The van der Waals surface area contributed by atoms with Crippen LogP contribution < -0.4 is 11.1 Å². The van der Waals surface area contributed by atoms with Gasteiger partial charge in [0, 0.05) is 16.7 Å². The van der Waals surface area contributed by atoms with Crippen LogP contribution in [0.15, 0.2) is 22.7 Å². The molecule has 0 spiro atoms. The SMILES string of the molecule is NC(=O)c1cc(Br)ccc1NCC1CCCC1C(=O)O. The van der Waals surface area contributed by atoms with Crippen LogP contribution in [0.2, 0.25) is 0 Å². The van der Waals surface area contributed by atoms with Gasteiger partial charge in [-0.3, -0.25) is 9.59 Å².